The lowest BCUT2D eigenvalue weighted by Gasteiger charge is -2.29. The van der Waals surface area contributed by atoms with Crippen LogP contribution in [0.3, 0.4) is 0 Å². The highest BCUT2D eigenvalue weighted by Gasteiger charge is 2.27. The predicted octanol–water partition coefficient (Wildman–Crippen LogP) is 1.31. The van der Waals surface area contributed by atoms with E-state index in [1.165, 1.54) is 0 Å². The van der Waals surface area contributed by atoms with Gasteiger partial charge in [-0.05, 0) is 19.1 Å². The van der Waals surface area contributed by atoms with E-state index in [9.17, 15) is 4.79 Å². The van der Waals surface area contributed by atoms with E-state index in [0.29, 0.717) is 18.1 Å². The van der Waals surface area contributed by atoms with Crippen molar-refractivity contribution in [3.63, 3.8) is 0 Å². The van der Waals surface area contributed by atoms with Crippen LogP contribution in [0.25, 0.3) is 0 Å². The lowest BCUT2D eigenvalue weighted by molar-refractivity contribution is -0.00898. The molecule has 2 unspecified atom stereocenters. The summed E-state index contributed by atoms with van der Waals surface area (Å²) in [6.45, 7) is 2.05. The van der Waals surface area contributed by atoms with Crippen molar-refractivity contribution in [1.29, 1.82) is 0 Å². The Balaban J connectivity index is 2.05. The van der Waals surface area contributed by atoms with Crippen molar-refractivity contribution in [2.24, 2.45) is 5.73 Å². The normalized spacial score (nSPS) is 19.9. The number of benzene rings is 1. The summed E-state index contributed by atoms with van der Waals surface area (Å²) >= 11 is 0. The van der Waals surface area contributed by atoms with Crippen LogP contribution >= 0.6 is 0 Å². The van der Waals surface area contributed by atoms with Gasteiger partial charge in [-0.25, -0.2) is 4.79 Å². The Morgan fingerprint density at radius 1 is 1.50 bits per heavy atom. The molecule has 86 valence electrons. The maximum absolute atomic E-state index is 10.6. The molecule has 5 heteroatoms. The molecule has 0 aromatic heterocycles. The fourth-order valence-corrected chi connectivity index (χ4v) is 1.53. The molecular formula is C11H13NO4. The first-order valence-corrected chi connectivity index (χ1v) is 5.01. The van der Waals surface area contributed by atoms with Gasteiger partial charge in [0.05, 0.1) is 0 Å². The zero-order valence-corrected chi connectivity index (χ0v) is 8.88. The molecule has 0 saturated heterocycles. The minimum Gasteiger partial charge on any atom is -0.486 e. The number of ether oxygens (including phenoxy) is 3. The molecule has 0 spiro atoms. The van der Waals surface area contributed by atoms with Crippen LogP contribution in [0.15, 0.2) is 24.3 Å². The van der Waals surface area contributed by atoms with Gasteiger partial charge in [0.15, 0.2) is 17.6 Å². The Morgan fingerprint density at radius 2 is 2.19 bits per heavy atom. The summed E-state index contributed by atoms with van der Waals surface area (Å²) < 4.78 is 16.0. The minimum atomic E-state index is -0.810. The van der Waals surface area contributed by atoms with E-state index in [4.69, 9.17) is 19.9 Å². The van der Waals surface area contributed by atoms with Crippen LogP contribution in [0.1, 0.15) is 6.92 Å². The third kappa shape index (κ3) is 2.18. The van der Waals surface area contributed by atoms with Crippen LogP contribution < -0.4 is 15.2 Å². The van der Waals surface area contributed by atoms with E-state index in [-0.39, 0.29) is 6.10 Å². The van der Waals surface area contributed by atoms with Crippen molar-refractivity contribution in [3.8, 4) is 11.5 Å². The number of carbonyl (C=O) groups excluding carboxylic acids is 1. The van der Waals surface area contributed by atoms with Gasteiger partial charge in [-0.3, -0.25) is 0 Å². The van der Waals surface area contributed by atoms with Gasteiger partial charge < -0.3 is 19.9 Å². The third-order valence-electron chi connectivity index (χ3n) is 2.36. The Hall–Kier alpha value is -1.91. The summed E-state index contributed by atoms with van der Waals surface area (Å²) in [5.41, 5.74) is 4.94. The van der Waals surface area contributed by atoms with E-state index < -0.39 is 12.2 Å². The van der Waals surface area contributed by atoms with Crippen LogP contribution in [0.5, 0.6) is 11.5 Å². The minimum absolute atomic E-state index is 0.331. The van der Waals surface area contributed by atoms with E-state index in [0.717, 1.165) is 0 Å². The second-order valence-corrected chi connectivity index (χ2v) is 3.56. The monoisotopic (exact) mass is 223 g/mol. The maximum atomic E-state index is 10.6. The molecule has 0 bridgehead atoms. The number of nitrogens with two attached hydrogens (primary N) is 1. The summed E-state index contributed by atoms with van der Waals surface area (Å²) in [7, 11) is 0. The van der Waals surface area contributed by atoms with E-state index >= 15 is 0 Å². The summed E-state index contributed by atoms with van der Waals surface area (Å²) in [4.78, 5) is 10.6. The topological polar surface area (TPSA) is 70.8 Å². The van der Waals surface area contributed by atoms with Crippen molar-refractivity contribution in [2.45, 2.75) is 19.1 Å². The molecular weight excluding hydrogens is 210 g/mol. The lowest BCUT2D eigenvalue weighted by atomic mass is 10.2. The smallest absolute Gasteiger partial charge is 0.404 e. The van der Waals surface area contributed by atoms with Gasteiger partial charge in [0.1, 0.15) is 12.7 Å². The van der Waals surface area contributed by atoms with Gasteiger partial charge in [0.2, 0.25) is 0 Å². The molecule has 1 aromatic carbocycles. The molecule has 0 radical (unpaired) electrons. The molecule has 1 amide bonds. The Labute approximate surface area is 93.1 Å². The molecule has 0 aliphatic carbocycles. The standard InChI is InChI=1S/C11H13NO4/c1-7(15-11(12)13)10-6-14-8-4-2-3-5-9(8)16-10/h2-5,7,10H,6H2,1H3,(H2,12,13). The second-order valence-electron chi connectivity index (χ2n) is 3.56. The van der Waals surface area contributed by atoms with Gasteiger partial charge in [-0.2, -0.15) is 0 Å². The zero-order valence-electron chi connectivity index (χ0n) is 8.88. The first-order chi connectivity index (χ1) is 7.66. The molecule has 1 aliphatic heterocycles. The second kappa shape index (κ2) is 4.30. The number of amides is 1. The first kappa shape index (κ1) is 10.6. The number of hydrogen-bond donors (Lipinski definition) is 1. The summed E-state index contributed by atoms with van der Waals surface area (Å²) in [6.07, 6.45) is -1.58. The Morgan fingerprint density at radius 3 is 2.88 bits per heavy atom. The number of rotatable bonds is 2. The molecule has 2 N–H and O–H groups in total. The maximum Gasteiger partial charge on any atom is 0.404 e. The summed E-state index contributed by atoms with van der Waals surface area (Å²) in [5, 5.41) is 0. The highest BCUT2D eigenvalue weighted by Crippen LogP contribution is 2.31. The van der Waals surface area contributed by atoms with Crippen LogP contribution in [0.4, 0.5) is 4.79 Å². The van der Waals surface area contributed by atoms with Crippen LogP contribution in [-0.2, 0) is 4.74 Å². The number of primary amides is 1. The summed E-state index contributed by atoms with van der Waals surface area (Å²) in [5.74, 6) is 1.35. The molecule has 1 aromatic rings. The SMILES string of the molecule is CC(OC(N)=O)C1COc2ccccc2O1. The molecule has 2 atom stereocenters. The van der Waals surface area contributed by atoms with Crippen molar-refractivity contribution in [2.75, 3.05) is 6.61 Å². The molecule has 0 fully saturated rings. The van der Waals surface area contributed by atoms with Crippen LogP contribution in [0.2, 0.25) is 0 Å². The number of carbonyl (C=O) groups is 1. The highest BCUT2D eigenvalue weighted by molar-refractivity contribution is 5.64. The third-order valence-corrected chi connectivity index (χ3v) is 2.36. The molecule has 0 saturated carbocycles. The average molecular weight is 223 g/mol. The van der Waals surface area contributed by atoms with E-state index in [2.05, 4.69) is 0 Å². The van der Waals surface area contributed by atoms with Gasteiger partial charge in [-0.15, -0.1) is 0 Å². The summed E-state index contributed by atoms with van der Waals surface area (Å²) in [6, 6.07) is 7.35. The van der Waals surface area contributed by atoms with Crippen LogP contribution in [-0.4, -0.2) is 24.9 Å². The van der Waals surface area contributed by atoms with Gasteiger partial charge in [0.25, 0.3) is 0 Å². The average Bonchev–Trinajstić information content (AvgIpc) is 2.27. The first-order valence-electron chi connectivity index (χ1n) is 5.01. The van der Waals surface area contributed by atoms with Crippen molar-refractivity contribution >= 4 is 6.09 Å². The molecule has 5 nitrogen and oxygen atoms in total. The zero-order chi connectivity index (χ0) is 11.5. The number of para-hydroxylation sites is 2. The number of fused-ring (bicyclic) bond motifs is 1. The molecule has 2 rings (SSSR count). The quantitative estimate of drug-likeness (QED) is 0.820. The van der Waals surface area contributed by atoms with Crippen molar-refractivity contribution < 1.29 is 19.0 Å². The van der Waals surface area contributed by atoms with Gasteiger partial charge in [-0.1, -0.05) is 12.1 Å². The number of hydrogen-bond acceptors (Lipinski definition) is 4. The Bertz CT molecular complexity index is 393. The molecule has 1 heterocycles. The highest BCUT2D eigenvalue weighted by atomic mass is 16.6. The van der Waals surface area contributed by atoms with E-state index in [1.54, 1.807) is 13.0 Å². The Kier molecular flexibility index (Phi) is 2.85. The largest absolute Gasteiger partial charge is 0.486 e. The fraction of sp³-hybridized carbons (Fsp3) is 0.364. The van der Waals surface area contributed by atoms with E-state index in [1.807, 2.05) is 18.2 Å². The van der Waals surface area contributed by atoms with Crippen LogP contribution in [0, 0.1) is 0 Å². The molecule has 1 aliphatic rings. The molecule has 16 heavy (non-hydrogen) atoms. The van der Waals surface area contributed by atoms with Gasteiger partial charge in [0, 0.05) is 0 Å². The lowest BCUT2D eigenvalue weighted by Crippen LogP contribution is -2.41. The van der Waals surface area contributed by atoms with Crippen molar-refractivity contribution in [3.05, 3.63) is 24.3 Å². The van der Waals surface area contributed by atoms with Crippen molar-refractivity contribution in [1.82, 2.24) is 0 Å². The fourth-order valence-electron chi connectivity index (χ4n) is 1.53. The van der Waals surface area contributed by atoms with Gasteiger partial charge >= 0.3 is 6.09 Å². The predicted molar refractivity (Wildman–Crippen MR) is 56.5 cm³/mol.